The van der Waals surface area contributed by atoms with E-state index in [-0.39, 0.29) is 12.5 Å². The van der Waals surface area contributed by atoms with Crippen molar-refractivity contribution in [2.24, 2.45) is 5.73 Å². The van der Waals surface area contributed by atoms with Gasteiger partial charge in [0.25, 0.3) is 5.91 Å². The van der Waals surface area contributed by atoms with Crippen LogP contribution in [0.25, 0.3) is 0 Å². The Morgan fingerprint density at radius 2 is 2.25 bits per heavy atom. The van der Waals surface area contributed by atoms with Crippen LogP contribution in [0.2, 0.25) is 0 Å². The molecule has 0 radical (unpaired) electrons. The topological polar surface area (TPSA) is 64.3 Å². The number of aryl methyl sites for hydroxylation is 1. The first-order valence-corrected chi connectivity index (χ1v) is 5.19. The summed E-state index contributed by atoms with van der Waals surface area (Å²) in [7, 11) is 1.56. The molecule has 1 aromatic carbocycles. The summed E-state index contributed by atoms with van der Waals surface area (Å²) in [6.07, 6.45) is 0. The smallest absolute Gasteiger partial charge is 0.257 e. The van der Waals surface area contributed by atoms with Gasteiger partial charge < -0.3 is 15.8 Å². The number of nitrogens with two attached hydrogens (primary N) is 1. The van der Waals surface area contributed by atoms with Gasteiger partial charge in [-0.25, -0.2) is 0 Å². The van der Waals surface area contributed by atoms with E-state index < -0.39 is 0 Å². The summed E-state index contributed by atoms with van der Waals surface area (Å²) < 4.78 is 5.35. The predicted molar refractivity (Wildman–Crippen MR) is 66.6 cm³/mol. The number of rotatable bonds is 4. The van der Waals surface area contributed by atoms with Crippen molar-refractivity contribution in [1.29, 1.82) is 0 Å². The lowest BCUT2D eigenvalue weighted by molar-refractivity contribution is -0.122. The highest BCUT2D eigenvalue weighted by molar-refractivity contribution is 7.80. The lowest BCUT2D eigenvalue weighted by Gasteiger charge is -2.09. The van der Waals surface area contributed by atoms with Crippen LogP contribution in [0.5, 0.6) is 5.75 Å². The van der Waals surface area contributed by atoms with E-state index in [1.807, 2.05) is 19.1 Å². The summed E-state index contributed by atoms with van der Waals surface area (Å²) in [5.41, 5.74) is 7.17. The zero-order chi connectivity index (χ0) is 12.1. The normalized spacial score (nSPS) is 9.62. The van der Waals surface area contributed by atoms with Crippen molar-refractivity contribution in [2.75, 3.05) is 13.7 Å². The highest BCUT2D eigenvalue weighted by Gasteiger charge is 2.05. The fourth-order valence-electron chi connectivity index (χ4n) is 1.12. The number of nitrogens with one attached hydrogen (secondary N) is 1. The molecule has 1 amide bonds. The molecule has 0 unspecified atom stereocenters. The number of ether oxygens (including phenoxy) is 1. The van der Waals surface area contributed by atoms with Crippen LogP contribution in [0.1, 0.15) is 11.1 Å². The third kappa shape index (κ3) is 3.20. The fraction of sp³-hybridized carbons (Fsp3) is 0.273. The van der Waals surface area contributed by atoms with Crippen LogP contribution in [-0.4, -0.2) is 24.6 Å². The molecule has 0 fully saturated rings. The Hall–Kier alpha value is -1.62. The van der Waals surface area contributed by atoms with Gasteiger partial charge in [-0.15, -0.1) is 0 Å². The monoisotopic (exact) mass is 238 g/mol. The van der Waals surface area contributed by atoms with Crippen molar-refractivity contribution in [1.82, 2.24) is 5.32 Å². The number of amides is 1. The molecule has 0 aliphatic heterocycles. The molecule has 3 N–H and O–H groups in total. The van der Waals surface area contributed by atoms with Crippen LogP contribution in [0.3, 0.4) is 0 Å². The predicted octanol–water partition coefficient (Wildman–Crippen LogP) is 0.754. The van der Waals surface area contributed by atoms with Gasteiger partial charge in [0.1, 0.15) is 10.7 Å². The van der Waals surface area contributed by atoms with Crippen molar-refractivity contribution in [3.05, 3.63) is 29.3 Å². The van der Waals surface area contributed by atoms with Gasteiger partial charge in [0.2, 0.25) is 0 Å². The van der Waals surface area contributed by atoms with Gasteiger partial charge in [0.05, 0.1) is 0 Å². The number of hydrogen-bond donors (Lipinski definition) is 2. The number of likely N-dealkylation sites (N-methyl/N-ethyl adjacent to an activating group) is 1. The Bertz CT molecular complexity index is 418. The second kappa shape index (κ2) is 5.46. The largest absolute Gasteiger partial charge is 0.483 e. The summed E-state index contributed by atoms with van der Waals surface area (Å²) in [6, 6.07) is 5.42. The number of thiocarbonyl (C=S) groups is 1. The van der Waals surface area contributed by atoms with Crippen LogP contribution < -0.4 is 15.8 Å². The number of hydrogen-bond acceptors (Lipinski definition) is 3. The molecule has 4 nitrogen and oxygen atoms in total. The third-order valence-electron chi connectivity index (χ3n) is 2.11. The molecular weight excluding hydrogens is 224 g/mol. The molecule has 86 valence electrons. The molecule has 1 rings (SSSR count). The first-order chi connectivity index (χ1) is 7.54. The van der Waals surface area contributed by atoms with Crippen LogP contribution in [-0.2, 0) is 4.79 Å². The minimum absolute atomic E-state index is 0.0157. The van der Waals surface area contributed by atoms with Gasteiger partial charge in [0, 0.05) is 12.6 Å². The Morgan fingerprint density at radius 3 is 2.81 bits per heavy atom. The second-order valence-electron chi connectivity index (χ2n) is 3.31. The van der Waals surface area contributed by atoms with Crippen molar-refractivity contribution in [3.8, 4) is 5.75 Å². The molecule has 1 aromatic rings. The molecule has 0 aromatic heterocycles. The standard InChI is InChI=1S/C11H14N2O2S/c1-7-3-4-8(11(12)16)5-9(7)15-6-10(14)13-2/h3-5H,6H2,1-2H3,(H2,12,16)(H,13,14). The minimum Gasteiger partial charge on any atom is -0.483 e. The fourth-order valence-corrected chi connectivity index (χ4v) is 1.25. The summed E-state index contributed by atoms with van der Waals surface area (Å²) in [5.74, 6) is 0.439. The van der Waals surface area contributed by atoms with Crippen LogP contribution in [0, 0.1) is 6.92 Å². The lowest BCUT2D eigenvalue weighted by Crippen LogP contribution is -2.25. The molecule has 0 aliphatic rings. The average molecular weight is 238 g/mol. The molecule has 5 heteroatoms. The molecule has 0 saturated carbocycles. The van der Waals surface area contributed by atoms with Gasteiger partial charge in [0.15, 0.2) is 6.61 Å². The molecule has 0 bridgehead atoms. The van der Waals surface area contributed by atoms with E-state index in [0.29, 0.717) is 10.7 Å². The number of benzene rings is 1. The highest BCUT2D eigenvalue weighted by atomic mass is 32.1. The zero-order valence-corrected chi connectivity index (χ0v) is 10.1. The summed E-state index contributed by atoms with van der Waals surface area (Å²) in [5, 5.41) is 2.48. The summed E-state index contributed by atoms with van der Waals surface area (Å²) >= 11 is 4.87. The Labute approximate surface area is 99.8 Å². The van der Waals surface area contributed by atoms with E-state index in [4.69, 9.17) is 22.7 Å². The van der Waals surface area contributed by atoms with E-state index in [0.717, 1.165) is 11.1 Å². The molecule has 0 atom stereocenters. The van der Waals surface area contributed by atoms with Crippen molar-refractivity contribution in [3.63, 3.8) is 0 Å². The maximum absolute atomic E-state index is 11.0. The molecule has 16 heavy (non-hydrogen) atoms. The molecule has 0 spiro atoms. The maximum atomic E-state index is 11.0. The van der Waals surface area contributed by atoms with E-state index in [1.54, 1.807) is 13.1 Å². The van der Waals surface area contributed by atoms with Crippen molar-refractivity contribution in [2.45, 2.75) is 6.92 Å². The van der Waals surface area contributed by atoms with Gasteiger partial charge in [-0.05, 0) is 18.6 Å². The van der Waals surface area contributed by atoms with Crippen LogP contribution in [0.4, 0.5) is 0 Å². The Balaban J connectivity index is 2.82. The number of carbonyl (C=O) groups is 1. The van der Waals surface area contributed by atoms with Crippen molar-refractivity contribution >= 4 is 23.1 Å². The van der Waals surface area contributed by atoms with E-state index >= 15 is 0 Å². The third-order valence-corrected chi connectivity index (χ3v) is 2.35. The van der Waals surface area contributed by atoms with E-state index in [2.05, 4.69) is 5.32 Å². The number of carbonyl (C=O) groups excluding carboxylic acids is 1. The quantitative estimate of drug-likeness (QED) is 0.760. The highest BCUT2D eigenvalue weighted by Crippen LogP contribution is 2.19. The van der Waals surface area contributed by atoms with Gasteiger partial charge in [-0.2, -0.15) is 0 Å². The van der Waals surface area contributed by atoms with E-state index in [1.165, 1.54) is 0 Å². The zero-order valence-electron chi connectivity index (χ0n) is 9.24. The Morgan fingerprint density at radius 1 is 1.56 bits per heavy atom. The van der Waals surface area contributed by atoms with Gasteiger partial charge >= 0.3 is 0 Å². The summed E-state index contributed by atoms with van der Waals surface area (Å²) in [4.78, 5) is 11.3. The van der Waals surface area contributed by atoms with Crippen LogP contribution >= 0.6 is 12.2 Å². The van der Waals surface area contributed by atoms with E-state index in [9.17, 15) is 4.79 Å². The Kier molecular flexibility index (Phi) is 4.25. The molecular formula is C11H14N2O2S. The lowest BCUT2D eigenvalue weighted by atomic mass is 10.1. The molecule has 0 saturated heterocycles. The van der Waals surface area contributed by atoms with Crippen LogP contribution in [0.15, 0.2) is 18.2 Å². The first kappa shape index (κ1) is 12.4. The van der Waals surface area contributed by atoms with Crippen molar-refractivity contribution < 1.29 is 9.53 Å². The maximum Gasteiger partial charge on any atom is 0.257 e. The van der Waals surface area contributed by atoms with Gasteiger partial charge in [-0.1, -0.05) is 24.4 Å². The first-order valence-electron chi connectivity index (χ1n) is 4.78. The minimum atomic E-state index is -0.180. The second-order valence-corrected chi connectivity index (χ2v) is 3.75. The molecule has 0 heterocycles. The summed E-state index contributed by atoms with van der Waals surface area (Å²) in [6.45, 7) is 1.88. The van der Waals surface area contributed by atoms with Gasteiger partial charge in [-0.3, -0.25) is 4.79 Å². The SMILES string of the molecule is CNC(=O)COc1cc(C(N)=S)ccc1C. The average Bonchev–Trinajstić information content (AvgIpc) is 2.27. The molecule has 0 aliphatic carbocycles.